The number of fused-ring (bicyclic) bond motifs is 2. The number of carbonyl (C=O) groups excluding carboxylic acids is 2. The van der Waals surface area contributed by atoms with E-state index in [1.165, 1.54) is 17.4 Å². The van der Waals surface area contributed by atoms with Crippen LogP contribution in [0.1, 0.15) is 50.8 Å². The van der Waals surface area contributed by atoms with Gasteiger partial charge in [0.15, 0.2) is 0 Å². The van der Waals surface area contributed by atoms with Crippen LogP contribution in [0, 0.1) is 34.5 Å². The molecule has 25 heavy (non-hydrogen) atoms. The molecule has 0 aliphatic heterocycles. The van der Waals surface area contributed by atoms with E-state index < -0.39 is 0 Å². The number of aromatic amines is 1. The van der Waals surface area contributed by atoms with E-state index in [-0.39, 0.29) is 28.6 Å². The first-order valence-electron chi connectivity index (χ1n) is 9.54. The average molecular weight is 340 g/mol. The quantitative estimate of drug-likeness (QED) is 0.676. The van der Waals surface area contributed by atoms with E-state index in [4.69, 9.17) is 0 Å². The Hall–Kier alpha value is -1.71. The van der Waals surface area contributed by atoms with Crippen LogP contribution in [0.5, 0.6) is 0 Å². The van der Waals surface area contributed by atoms with Crippen LogP contribution in [-0.2, 0) is 22.4 Å². The Bertz CT molecular complexity index is 723. The van der Waals surface area contributed by atoms with E-state index in [0.29, 0.717) is 12.3 Å². The van der Waals surface area contributed by atoms with Gasteiger partial charge >= 0.3 is 0 Å². The van der Waals surface area contributed by atoms with Crippen LogP contribution in [0.4, 0.5) is 0 Å². The first kappa shape index (κ1) is 16.7. The molecule has 1 aromatic heterocycles. The van der Waals surface area contributed by atoms with Crippen LogP contribution >= 0.6 is 0 Å². The van der Waals surface area contributed by atoms with Crippen LogP contribution < -0.4 is 0 Å². The van der Waals surface area contributed by atoms with Crippen LogP contribution in [0.3, 0.4) is 0 Å². The number of hydrogen-bond donors (Lipinski definition) is 1. The van der Waals surface area contributed by atoms with E-state index in [2.05, 4.69) is 30.6 Å². The molecule has 1 unspecified atom stereocenters. The lowest BCUT2D eigenvalue weighted by Crippen LogP contribution is -2.51. The van der Waals surface area contributed by atoms with Crippen molar-refractivity contribution in [1.82, 2.24) is 10.2 Å². The van der Waals surface area contributed by atoms with Gasteiger partial charge in [0.1, 0.15) is 12.6 Å². The predicted molar refractivity (Wildman–Crippen MR) is 95.9 cm³/mol. The van der Waals surface area contributed by atoms with Gasteiger partial charge in [0.05, 0.1) is 6.20 Å². The molecule has 0 saturated heterocycles. The Morgan fingerprint density at radius 3 is 2.76 bits per heavy atom. The summed E-state index contributed by atoms with van der Waals surface area (Å²) in [5.74, 6) is 0.610. The van der Waals surface area contributed by atoms with Gasteiger partial charge in [-0.15, -0.1) is 0 Å². The van der Waals surface area contributed by atoms with Crippen molar-refractivity contribution in [3.63, 3.8) is 0 Å². The molecule has 2 fully saturated rings. The predicted octanol–water partition coefficient (Wildman–Crippen LogP) is 3.53. The molecular formula is C21H28N2O2. The highest BCUT2D eigenvalue weighted by atomic mass is 16.1. The number of aromatic nitrogens is 2. The van der Waals surface area contributed by atoms with Crippen molar-refractivity contribution in [2.24, 2.45) is 34.5 Å². The standard InChI is InChI=1S/C21H28N2O2/c1-13-4-5-17-16(12-25)18(6-7-20(13,17)2)21(3)9-14-10-22-23-19(14)8-15(21)11-24/h10-12,15-18H,1,4-9H2,2-3H3,(H,22,23)/t15-,16+,17+,18+,20-,21?/m1/s1. The third-order valence-electron chi connectivity index (χ3n) is 8.11. The van der Waals surface area contributed by atoms with E-state index in [1.807, 2.05) is 6.20 Å². The molecule has 0 amide bonds. The Labute approximate surface area is 149 Å². The second-order valence-electron chi connectivity index (χ2n) is 9.03. The summed E-state index contributed by atoms with van der Waals surface area (Å²) in [4.78, 5) is 24.2. The van der Waals surface area contributed by atoms with Crippen molar-refractivity contribution in [3.05, 3.63) is 29.6 Å². The maximum absolute atomic E-state index is 12.2. The highest BCUT2D eigenvalue weighted by Gasteiger charge is 2.57. The number of allylic oxidation sites excluding steroid dienone is 1. The molecule has 0 aromatic carbocycles. The molecule has 1 N–H and O–H groups in total. The van der Waals surface area contributed by atoms with Gasteiger partial charge in [-0.1, -0.05) is 26.0 Å². The SMILES string of the molecule is C=C1CC[C@H]2[C@H](C=O)[C@@H](C3(C)Cc4cn[nH]c4C[C@@H]3C=O)CC[C@]12C. The Balaban J connectivity index is 1.72. The van der Waals surface area contributed by atoms with Gasteiger partial charge in [0.25, 0.3) is 0 Å². The molecule has 0 bridgehead atoms. The van der Waals surface area contributed by atoms with E-state index >= 15 is 0 Å². The van der Waals surface area contributed by atoms with Crippen LogP contribution in [-0.4, -0.2) is 22.8 Å². The molecule has 4 heteroatoms. The summed E-state index contributed by atoms with van der Waals surface area (Å²) in [5.41, 5.74) is 3.56. The van der Waals surface area contributed by atoms with Gasteiger partial charge in [0.2, 0.25) is 0 Å². The molecule has 4 nitrogen and oxygen atoms in total. The lowest BCUT2D eigenvalue weighted by Gasteiger charge is -2.53. The van der Waals surface area contributed by atoms with Gasteiger partial charge in [-0.3, -0.25) is 5.10 Å². The normalized spacial score (nSPS) is 43.4. The van der Waals surface area contributed by atoms with Crippen molar-refractivity contribution in [3.8, 4) is 0 Å². The van der Waals surface area contributed by atoms with Crippen molar-refractivity contribution in [2.75, 3.05) is 0 Å². The zero-order valence-corrected chi connectivity index (χ0v) is 15.3. The van der Waals surface area contributed by atoms with E-state index in [1.54, 1.807) is 0 Å². The maximum Gasteiger partial charge on any atom is 0.124 e. The number of H-pyrrole nitrogens is 1. The summed E-state index contributed by atoms with van der Waals surface area (Å²) in [5, 5.41) is 7.22. The highest BCUT2D eigenvalue weighted by Crippen LogP contribution is 2.62. The molecule has 4 rings (SSSR count). The van der Waals surface area contributed by atoms with Crippen LogP contribution in [0.25, 0.3) is 0 Å². The van der Waals surface area contributed by atoms with Crippen molar-refractivity contribution < 1.29 is 9.59 Å². The Morgan fingerprint density at radius 2 is 2.04 bits per heavy atom. The summed E-state index contributed by atoms with van der Waals surface area (Å²) >= 11 is 0. The third kappa shape index (κ3) is 2.22. The van der Waals surface area contributed by atoms with Crippen LogP contribution in [0.15, 0.2) is 18.3 Å². The third-order valence-corrected chi connectivity index (χ3v) is 8.11. The number of nitrogens with one attached hydrogen (secondary N) is 1. The Kier molecular flexibility index (Phi) is 3.78. The van der Waals surface area contributed by atoms with Gasteiger partial charge in [-0.05, 0) is 66.8 Å². The Morgan fingerprint density at radius 1 is 1.24 bits per heavy atom. The molecule has 1 aromatic rings. The molecule has 2 saturated carbocycles. The fraction of sp³-hybridized carbons (Fsp3) is 0.667. The fourth-order valence-electron chi connectivity index (χ4n) is 6.33. The highest BCUT2D eigenvalue weighted by molar-refractivity contribution is 5.60. The molecule has 3 aliphatic rings. The number of hydrogen-bond acceptors (Lipinski definition) is 3. The average Bonchev–Trinajstić information content (AvgIpc) is 3.17. The number of nitrogens with zero attached hydrogens (tertiary/aromatic N) is 1. The lowest BCUT2D eigenvalue weighted by atomic mass is 9.50. The molecule has 0 radical (unpaired) electrons. The minimum Gasteiger partial charge on any atom is -0.303 e. The zero-order chi connectivity index (χ0) is 17.8. The van der Waals surface area contributed by atoms with Crippen molar-refractivity contribution in [1.29, 1.82) is 0 Å². The monoisotopic (exact) mass is 340 g/mol. The second kappa shape index (κ2) is 5.65. The zero-order valence-electron chi connectivity index (χ0n) is 15.3. The first-order chi connectivity index (χ1) is 11.9. The smallest absolute Gasteiger partial charge is 0.124 e. The number of aldehydes is 2. The van der Waals surface area contributed by atoms with E-state index in [0.717, 1.165) is 44.1 Å². The van der Waals surface area contributed by atoms with Gasteiger partial charge in [-0.2, -0.15) is 5.10 Å². The fourth-order valence-corrected chi connectivity index (χ4v) is 6.33. The molecule has 1 heterocycles. The molecule has 0 spiro atoms. The second-order valence-corrected chi connectivity index (χ2v) is 9.03. The minimum absolute atomic E-state index is 0.0268. The number of carbonyl (C=O) groups is 2. The molecule has 6 atom stereocenters. The van der Waals surface area contributed by atoms with Gasteiger partial charge < -0.3 is 9.59 Å². The lowest BCUT2D eigenvalue weighted by molar-refractivity contribution is -0.129. The molecular weight excluding hydrogens is 312 g/mol. The van der Waals surface area contributed by atoms with E-state index in [9.17, 15) is 9.59 Å². The summed E-state index contributed by atoms with van der Waals surface area (Å²) < 4.78 is 0. The largest absolute Gasteiger partial charge is 0.303 e. The summed E-state index contributed by atoms with van der Waals surface area (Å²) in [6.07, 6.45) is 9.96. The molecule has 134 valence electrons. The van der Waals surface area contributed by atoms with Crippen molar-refractivity contribution in [2.45, 2.75) is 52.4 Å². The summed E-state index contributed by atoms with van der Waals surface area (Å²) in [7, 11) is 0. The van der Waals surface area contributed by atoms with Gasteiger partial charge in [0, 0.05) is 17.5 Å². The first-order valence-corrected chi connectivity index (χ1v) is 9.54. The van der Waals surface area contributed by atoms with Gasteiger partial charge in [-0.25, -0.2) is 0 Å². The topological polar surface area (TPSA) is 62.8 Å². The summed E-state index contributed by atoms with van der Waals surface area (Å²) in [6, 6.07) is 0. The molecule has 3 aliphatic carbocycles. The van der Waals surface area contributed by atoms with Crippen LogP contribution in [0.2, 0.25) is 0 Å². The summed E-state index contributed by atoms with van der Waals surface area (Å²) in [6.45, 7) is 8.83. The minimum atomic E-state index is -0.171. The number of rotatable bonds is 3. The maximum atomic E-state index is 12.2. The van der Waals surface area contributed by atoms with Crippen molar-refractivity contribution >= 4 is 12.6 Å².